The van der Waals surface area contributed by atoms with E-state index in [2.05, 4.69) is 5.32 Å². The maximum atomic E-state index is 11.3. The summed E-state index contributed by atoms with van der Waals surface area (Å²) in [5, 5.41) is 1.68. The molecule has 0 unspecified atom stereocenters. The third-order valence-corrected chi connectivity index (χ3v) is 1.85. The number of rotatable bonds is 1. The predicted octanol–water partition coefficient (Wildman–Crippen LogP) is 2.51. The molecule has 0 fully saturated rings. The van der Waals surface area contributed by atoms with Gasteiger partial charge in [-0.3, -0.25) is 9.69 Å². The van der Waals surface area contributed by atoms with Crippen molar-refractivity contribution in [3.63, 3.8) is 0 Å². The highest BCUT2D eigenvalue weighted by atomic mass is 35.5. The molecule has 3 amide bonds. The summed E-state index contributed by atoms with van der Waals surface area (Å²) in [7, 11) is 1.30. The molecule has 0 aliphatic rings. The first kappa shape index (κ1) is 10.5. The molecule has 1 N–H and O–H groups in total. The van der Waals surface area contributed by atoms with Crippen LogP contribution in [0, 0.1) is 0 Å². The summed E-state index contributed by atoms with van der Waals surface area (Å²) in [6.45, 7) is 0. The number of halogens is 1. The van der Waals surface area contributed by atoms with Crippen LogP contribution in [0.15, 0.2) is 30.3 Å². The molecule has 0 aromatic heterocycles. The van der Waals surface area contributed by atoms with Gasteiger partial charge in [0, 0.05) is 12.7 Å². The predicted molar refractivity (Wildman–Crippen MR) is 54.5 cm³/mol. The lowest BCUT2D eigenvalue weighted by atomic mass is 10.3. The third kappa shape index (κ3) is 2.74. The summed E-state index contributed by atoms with van der Waals surface area (Å²) in [6.07, 6.45) is 0. The van der Waals surface area contributed by atoms with Gasteiger partial charge in [-0.05, 0) is 23.7 Å². The molecule has 0 saturated carbocycles. The maximum absolute atomic E-state index is 11.3. The number of nitrogens with one attached hydrogen (secondary N) is 1. The first-order valence-electron chi connectivity index (χ1n) is 3.90. The van der Waals surface area contributed by atoms with E-state index in [4.69, 9.17) is 11.6 Å². The van der Waals surface area contributed by atoms with Crippen LogP contribution in [0.2, 0.25) is 0 Å². The molecule has 0 aliphatic heterocycles. The van der Waals surface area contributed by atoms with Crippen molar-refractivity contribution in [3.05, 3.63) is 30.3 Å². The van der Waals surface area contributed by atoms with Crippen molar-refractivity contribution < 1.29 is 9.59 Å². The first-order chi connectivity index (χ1) is 6.61. The number of benzene rings is 1. The standard InChI is InChI=1S/C9H9ClN2O2/c1-12(8(10)13)9(14)11-7-5-3-2-4-6-7/h2-6H,1H3,(H,11,14). The van der Waals surface area contributed by atoms with E-state index >= 15 is 0 Å². The number of imide groups is 1. The Morgan fingerprint density at radius 1 is 1.29 bits per heavy atom. The second kappa shape index (κ2) is 4.62. The van der Waals surface area contributed by atoms with E-state index in [0.29, 0.717) is 5.69 Å². The molecule has 0 radical (unpaired) electrons. The molecule has 0 heterocycles. The molecule has 5 heteroatoms. The zero-order valence-corrected chi connectivity index (χ0v) is 8.28. The van der Waals surface area contributed by atoms with E-state index in [9.17, 15) is 9.59 Å². The summed E-state index contributed by atoms with van der Waals surface area (Å²) < 4.78 is 0. The Morgan fingerprint density at radius 3 is 2.36 bits per heavy atom. The van der Waals surface area contributed by atoms with E-state index in [-0.39, 0.29) is 0 Å². The summed E-state index contributed by atoms with van der Waals surface area (Å²) >= 11 is 5.12. The van der Waals surface area contributed by atoms with Gasteiger partial charge in [0.1, 0.15) is 0 Å². The highest BCUT2D eigenvalue weighted by Gasteiger charge is 2.13. The number of nitrogens with zero attached hydrogens (tertiary/aromatic N) is 1. The van der Waals surface area contributed by atoms with Gasteiger partial charge in [-0.1, -0.05) is 18.2 Å². The minimum Gasteiger partial charge on any atom is -0.307 e. The van der Waals surface area contributed by atoms with Crippen molar-refractivity contribution in [2.24, 2.45) is 0 Å². The number of carbonyl (C=O) groups is 2. The molecule has 0 spiro atoms. The third-order valence-electron chi connectivity index (χ3n) is 1.59. The van der Waals surface area contributed by atoms with Crippen LogP contribution in [0.3, 0.4) is 0 Å². The lowest BCUT2D eigenvalue weighted by molar-refractivity contribution is 0.216. The minimum atomic E-state index is -0.821. The number of carbonyl (C=O) groups excluding carboxylic acids is 2. The average molecular weight is 213 g/mol. The van der Waals surface area contributed by atoms with Gasteiger partial charge < -0.3 is 5.32 Å². The van der Waals surface area contributed by atoms with Gasteiger partial charge in [-0.25, -0.2) is 4.79 Å². The van der Waals surface area contributed by atoms with Crippen LogP contribution in [0.1, 0.15) is 0 Å². The Kier molecular flexibility index (Phi) is 3.48. The van der Waals surface area contributed by atoms with Crippen LogP contribution in [-0.2, 0) is 0 Å². The highest BCUT2D eigenvalue weighted by Crippen LogP contribution is 2.06. The van der Waals surface area contributed by atoms with Crippen LogP contribution in [0.5, 0.6) is 0 Å². The second-order valence-corrected chi connectivity index (χ2v) is 2.93. The largest absolute Gasteiger partial charge is 0.329 e. The fourth-order valence-electron chi connectivity index (χ4n) is 0.809. The van der Waals surface area contributed by atoms with Crippen LogP contribution in [0.4, 0.5) is 15.3 Å². The molecular weight excluding hydrogens is 204 g/mol. The van der Waals surface area contributed by atoms with Gasteiger partial charge in [0.25, 0.3) is 0 Å². The van der Waals surface area contributed by atoms with Crippen molar-refractivity contribution in [2.45, 2.75) is 0 Å². The maximum Gasteiger partial charge on any atom is 0.329 e. The summed E-state index contributed by atoms with van der Waals surface area (Å²) in [4.78, 5) is 22.7. The molecule has 14 heavy (non-hydrogen) atoms. The van der Waals surface area contributed by atoms with Gasteiger partial charge >= 0.3 is 11.4 Å². The molecule has 0 aliphatic carbocycles. The van der Waals surface area contributed by atoms with Crippen LogP contribution in [0.25, 0.3) is 0 Å². The first-order valence-corrected chi connectivity index (χ1v) is 4.28. The zero-order valence-electron chi connectivity index (χ0n) is 7.53. The number of para-hydroxylation sites is 1. The van der Waals surface area contributed by atoms with E-state index in [1.54, 1.807) is 24.3 Å². The van der Waals surface area contributed by atoms with Crippen LogP contribution < -0.4 is 5.32 Å². The number of amides is 3. The lowest BCUT2D eigenvalue weighted by Crippen LogP contribution is -2.33. The smallest absolute Gasteiger partial charge is 0.307 e. The molecule has 4 nitrogen and oxygen atoms in total. The summed E-state index contributed by atoms with van der Waals surface area (Å²) in [6, 6.07) is 8.24. The second-order valence-electron chi connectivity index (χ2n) is 2.61. The number of hydrogen-bond acceptors (Lipinski definition) is 2. The number of hydrogen-bond donors (Lipinski definition) is 1. The Morgan fingerprint density at radius 2 is 1.86 bits per heavy atom. The molecule has 1 aromatic carbocycles. The quantitative estimate of drug-likeness (QED) is 0.574. The molecule has 1 aromatic rings. The van der Waals surface area contributed by atoms with Gasteiger partial charge in [-0.15, -0.1) is 0 Å². The monoisotopic (exact) mass is 212 g/mol. The number of urea groups is 1. The van der Waals surface area contributed by atoms with Crippen molar-refractivity contribution in [2.75, 3.05) is 12.4 Å². The molecule has 0 bridgehead atoms. The lowest BCUT2D eigenvalue weighted by Gasteiger charge is -2.12. The van der Waals surface area contributed by atoms with Crippen LogP contribution in [-0.4, -0.2) is 23.3 Å². The Balaban J connectivity index is 2.62. The summed E-state index contributed by atoms with van der Waals surface area (Å²) in [5.41, 5.74) is 0.613. The Hall–Kier alpha value is -1.55. The van der Waals surface area contributed by atoms with Crippen molar-refractivity contribution in [3.8, 4) is 0 Å². The number of anilines is 1. The van der Waals surface area contributed by atoms with Gasteiger partial charge in [0.15, 0.2) is 0 Å². The summed E-state index contributed by atoms with van der Waals surface area (Å²) in [5.74, 6) is 0. The van der Waals surface area contributed by atoms with E-state index < -0.39 is 11.4 Å². The normalized spacial score (nSPS) is 9.29. The van der Waals surface area contributed by atoms with Crippen molar-refractivity contribution in [1.29, 1.82) is 0 Å². The van der Waals surface area contributed by atoms with Crippen LogP contribution >= 0.6 is 11.6 Å². The van der Waals surface area contributed by atoms with E-state index in [1.807, 2.05) is 6.07 Å². The fraction of sp³-hybridized carbons (Fsp3) is 0.111. The molecule has 74 valence electrons. The average Bonchev–Trinajstić information content (AvgIpc) is 2.18. The highest BCUT2D eigenvalue weighted by molar-refractivity contribution is 6.64. The molecular formula is C9H9ClN2O2. The van der Waals surface area contributed by atoms with Gasteiger partial charge in [-0.2, -0.15) is 0 Å². The Bertz CT molecular complexity index is 340. The zero-order chi connectivity index (χ0) is 10.6. The van der Waals surface area contributed by atoms with E-state index in [0.717, 1.165) is 4.90 Å². The topological polar surface area (TPSA) is 49.4 Å². The minimum absolute atomic E-state index is 0.559. The molecule has 0 atom stereocenters. The van der Waals surface area contributed by atoms with Crippen molar-refractivity contribution in [1.82, 2.24) is 4.90 Å². The molecule has 0 saturated heterocycles. The Labute approximate surface area is 86.5 Å². The van der Waals surface area contributed by atoms with E-state index in [1.165, 1.54) is 7.05 Å². The fourth-order valence-corrected chi connectivity index (χ4v) is 0.885. The van der Waals surface area contributed by atoms with Crippen molar-refractivity contribution >= 4 is 28.7 Å². The SMILES string of the molecule is CN(C(=O)Cl)C(=O)Nc1ccccc1. The van der Waals surface area contributed by atoms with Gasteiger partial charge in [0.05, 0.1) is 0 Å². The van der Waals surface area contributed by atoms with Gasteiger partial charge in [0.2, 0.25) is 0 Å². The molecule has 1 rings (SSSR count).